The van der Waals surface area contributed by atoms with E-state index in [1.165, 1.54) is 0 Å². The Morgan fingerprint density at radius 2 is 2.27 bits per heavy atom. The van der Waals surface area contributed by atoms with Crippen molar-refractivity contribution in [1.29, 1.82) is 0 Å². The number of benzene rings is 1. The first kappa shape index (κ1) is 9.98. The molecule has 2 amide bonds. The van der Waals surface area contributed by atoms with E-state index in [-0.39, 0.29) is 5.91 Å². The van der Waals surface area contributed by atoms with Crippen molar-refractivity contribution < 1.29 is 9.59 Å². The minimum absolute atomic E-state index is 0.258. The van der Waals surface area contributed by atoms with Crippen LogP contribution in [-0.4, -0.2) is 12.3 Å². The zero-order valence-corrected chi connectivity index (χ0v) is 8.76. The average Bonchev–Trinajstić information content (AvgIpc) is 2.39. The number of nitrogens with one attached hydrogen (secondary N) is 2. The van der Waals surface area contributed by atoms with E-state index in [0.717, 1.165) is 5.56 Å². The summed E-state index contributed by atoms with van der Waals surface area (Å²) in [4.78, 5) is 22.1. The van der Waals surface area contributed by atoms with E-state index in [9.17, 15) is 9.59 Å². The van der Waals surface area contributed by atoms with Crippen LogP contribution in [-0.2, 0) is 15.1 Å². The van der Waals surface area contributed by atoms with Gasteiger partial charge in [0.25, 0.3) is 5.91 Å². The fourth-order valence-electron chi connectivity index (χ4n) is 1.69. The van der Waals surface area contributed by atoms with Crippen LogP contribution in [0.15, 0.2) is 18.2 Å². The van der Waals surface area contributed by atoms with Crippen molar-refractivity contribution in [1.82, 2.24) is 5.32 Å². The maximum atomic E-state index is 11.7. The molecule has 1 aromatic rings. The molecule has 0 aromatic heterocycles. The van der Waals surface area contributed by atoms with Crippen molar-refractivity contribution in [3.8, 4) is 0 Å². The molecule has 0 spiro atoms. The van der Waals surface area contributed by atoms with Gasteiger partial charge in [-0.15, -0.1) is 0 Å². The van der Waals surface area contributed by atoms with Crippen molar-refractivity contribution >= 4 is 29.6 Å². The molecule has 0 bridgehead atoms. The van der Waals surface area contributed by atoms with Crippen molar-refractivity contribution in [2.24, 2.45) is 0 Å². The van der Waals surface area contributed by atoms with Gasteiger partial charge in [0.2, 0.25) is 6.41 Å². The zero-order valence-electron chi connectivity index (χ0n) is 8.00. The molecule has 78 valence electrons. The number of anilines is 1. The van der Waals surface area contributed by atoms with Crippen LogP contribution in [0.1, 0.15) is 12.5 Å². The van der Waals surface area contributed by atoms with Crippen molar-refractivity contribution in [3.63, 3.8) is 0 Å². The molecule has 0 unspecified atom stereocenters. The van der Waals surface area contributed by atoms with E-state index < -0.39 is 5.54 Å². The summed E-state index contributed by atoms with van der Waals surface area (Å²) in [5.41, 5.74) is 0.371. The molecule has 0 radical (unpaired) electrons. The fraction of sp³-hybridized carbons (Fsp3) is 0.200. The molecule has 0 saturated heterocycles. The summed E-state index contributed by atoms with van der Waals surface area (Å²) < 4.78 is 0. The van der Waals surface area contributed by atoms with Crippen LogP contribution in [0.3, 0.4) is 0 Å². The molecule has 0 fully saturated rings. The van der Waals surface area contributed by atoms with Gasteiger partial charge in [-0.1, -0.05) is 17.7 Å². The minimum atomic E-state index is -0.998. The van der Waals surface area contributed by atoms with Crippen molar-refractivity contribution in [2.75, 3.05) is 5.32 Å². The number of hydrogen-bond acceptors (Lipinski definition) is 2. The average molecular weight is 225 g/mol. The third-order valence-corrected chi connectivity index (χ3v) is 2.81. The standard InChI is InChI=1S/C10H9ClN2O2/c1-10(12-5-14)7-3-2-6(11)4-8(7)13-9(10)15/h2-5H,1H3,(H,12,14)(H,13,15)/t10-/m0/s1. The molecule has 1 aliphatic heterocycles. The number of rotatable bonds is 2. The van der Waals surface area contributed by atoms with Gasteiger partial charge in [-0.05, 0) is 19.1 Å². The maximum Gasteiger partial charge on any atom is 0.254 e. The van der Waals surface area contributed by atoms with E-state index in [0.29, 0.717) is 17.1 Å². The molecule has 0 saturated carbocycles. The first-order valence-electron chi connectivity index (χ1n) is 4.41. The van der Waals surface area contributed by atoms with Gasteiger partial charge in [0, 0.05) is 16.3 Å². The second-order valence-electron chi connectivity index (χ2n) is 3.53. The summed E-state index contributed by atoms with van der Waals surface area (Å²) in [6, 6.07) is 5.07. The minimum Gasteiger partial charge on any atom is -0.341 e. The van der Waals surface area contributed by atoms with Gasteiger partial charge in [-0.2, -0.15) is 0 Å². The number of hydrogen-bond donors (Lipinski definition) is 2. The molecule has 1 aromatic carbocycles. The number of halogens is 1. The Balaban J connectivity index is 2.54. The van der Waals surface area contributed by atoms with Gasteiger partial charge in [0.1, 0.15) is 5.54 Å². The highest BCUT2D eigenvalue weighted by molar-refractivity contribution is 6.31. The molecule has 2 N–H and O–H groups in total. The molecule has 1 atom stereocenters. The predicted molar refractivity (Wildman–Crippen MR) is 56.6 cm³/mol. The zero-order chi connectivity index (χ0) is 11.1. The molecule has 2 rings (SSSR count). The second kappa shape index (κ2) is 3.24. The Labute approximate surface area is 91.6 Å². The van der Waals surface area contributed by atoms with E-state index in [4.69, 9.17) is 11.6 Å². The Morgan fingerprint density at radius 3 is 2.93 bits per heavy atom. The Kier molecular flexibility index (Phi) is 2.16. The number of carbonyl (C=O) groups is 2. The highest BCUT2D eigenvalue weighted by Gasteiger charge is 2.42. The lowest BCUT2D eigenvalue weighted by molar-refractivity contribution is -0.124. The highest BCUT2D eigenvalue weighted by atomic mass is 35.5. The molecule has 5 heteroatoms. The number of amides is 2. The second-order valence-corrected chi connectivity index (χ2v) is 3.97. The van der Waals surface area contributed by atoms with Crippen molar-refractivity contribution in [2.45, 2.75) is 12.5 Å². The molecule has 4 nitrogen and oxygen atoms in total. The van der Waals surface area contributed by atoms with Crippen molar-refractivity contribution in [3.05, 3.63) is 28.8 Å². The van der Waals surface area contributed by atoms with E-state index in [1.807, 2.05) is 0 Å². The van der Waals surface area contributed by atoms with Crippen LogP contribution in [0.2, 0.25) is 5.02 Å². The van der Waals surface area contributed by atoms with Gasteiger partial charge >= 0.3 is 0 Å². The van der Waals surface area contributed by atoms with Crippen LogP contribution in [0.4, 0.5) is 5.69 Å². The quantitative estimate of drug-likeness (QED) is 0.743. The lowest BCUT2D eigenvalue weighted by Gasteiger charge is -2.20. The van der Waals surface area contributed by atoms with E-state index in [2.05, 4.69) is 10.6 Å². The summed E-state index contributed by atoms with van der Waals surface area (Å²) in [5.74, 6) is -0.258. The predicted octanol–water partition coefficient (Wildman–Crippen LogP) is 1.25. The lowest BCUT2D eigenvalue weighted by Crippen LogP contribution is -2.44. The van der Waals surface area contributed by atoms with Gasteiger partial charge in [0.15, 0.2) is 0 Å². The van der Waals surface area contributed by atoms with E-state index in [1.54, 1.807) is 25.1 Å². The number of fused-ring (bicyclic) bond motifs is 1. The smallest absolute Gasteiger partial charge is 0.254 e. The van der Waals surface area contributed by atoms with Crippen LogP contribution in [0.25, 0.3) is 0 Å². The van der Waals surface area contributed by atoms with Crippen LogP contribution >= 0.6 is 11.6 Å². The molecule has 1 aliphatic rings. The first-order valence-corrected chi connectivity index (χ1v) is 4.78. The SMILES string of the molecule is C[C@@]1(NC=O)C(=O)Nc2cc(Cl)ccc21. The van der Waals surface area contributed by atoms with Gasteiger partial charge < -0.3 is 10.6 Å². The molecule has 15 heavy (non-hydrogen) atoms. The van der Waals surface area contributed by atoms with Crippen LogP contribution in [0.5, 0.6) is 0 Å². The summed E-state index contributed by atoms with van der Waals surface area (Å²) >= 11 is 5.80. The fourth-order valence-corrected chi connectivity index (χ4v) is 1.86. The Hall–Kier alpha value is -1.55. The molecule has 1 heterocycles. The number of carbonyl (C=O) groups excluding carboxylic acids is 2. The Bertz CT molecular complexity index is 447. The van der Waals surface area contributed by atoms with Crippen LogP contribution in [0, 0.1) is 0 Å². The lowest BCUT2D eigenvalue weighted by atomic mass is 9.94. The highest BCUT2D eigenvalue weighted by Crippen LogP contribution is 2.36. The largest absolute Gasteiger partial charge is 0.341 e. The summed E-state index contributed by atoms with van der Waals surface area (Å²) in [5, 5.41) is 5.73. The summed E-state index contributed by atoms with van der Waals surface area (Å²) in [7, 11) is 0. The normalized spacial score (nSPS) is 23.2. The van der Waals surface area contributed by atoms with Gasteiger partial charge in [-0.25, -0.2) is 0 Å². The Morgan fingerprint density at radius 1 is 1.53 bits per heavy atom. The van der Waals surface area contributed by atoms with Crippen LogP contribution < -0.4 is 10.6 Å². The third kappa shape index (κ3) is 1.37. The monoisotopic (exact) mass is 224 g/mol. The molecule has 0 aliphatic carbocycles. The van der Waals surface area contributed by atoms with Gasteiger partial charge in [-0.3, -0.25) is 9.59 Å². The summed E-state index contributed by atoms with van der Waals surface area (Å²) in [6.45, 7) is 1.65. The summed E-state index contributed by atoms with van der Waals surface area (Å²) in [6.07, 6.45) is 0.517. The van der Waals surface area contributed by atoms with Gasteiger partial charge in [0.05, 0.1) is 0 Å². The topological polar surface area (TPSA) is 58.2 Å². The molecular formula is C10H9ClN2O2. The van der Waals surface area contributed by atoms with E-state index >= 15 is 0 Å². The first-order chi connectivity index (χ1) is 7.08. The molecular weight excluding hydrogens is 216 g/mol. The maximum absolute atomic E-state index is 11.7. The third-order valence-electron chi connectivity index (χ3n) is 2.57.